The lowest BCUT2D eigenvalue weighted by atomic mass is 9.99. The van der Waals surface area contributed by atoms with Gasteiger partial charge in [0.15, 0.2) is 29.9 Å². The van der Waals surface area contributed by atoms with E-state index in [0.717, 1.165) is 0 Å². The maximum atomic E-state index is 13.7. The van der Waals surface area contributed by atoms with Crippen molar-refractivity contribution in [2.24, 2.45) is 0 Å². The van der Waals surface area contributed by atoms with Gasteiger partial charge >= 0.3 is 5.97 Å². The maximum Gasteiger partial charge on any atom is 0.333 e. The molecular formula is C73H112N4O32. The Labute approximate surface area is 633 Å². The molecule has 36 nitrogen and oxygen atoms in total. The SMILES string of the molecule is C[C@@H]1O[C@@H](OCCOCCNC(=O)CCOCCOCCOCCOCCCC(=O)COc2ccc(-c3cc(OCC(=O)CCCOCCOCCOCCOCCC(=O)NCCOCCO[C@@H]4O[C@@H](C)[C@H](O)[C@@H](O)[C@H]4O)cc(C(=O)CCCNC(=O)CCCC(=O)ON4C(=O)CCC4=O)c3)cc2)[C@H](O)[C@H](O)[C@H]1O. The molecule has 0 bridgehead atoms. The van der Waals surface area contributed by atoms with Gasteiger partial charge in [0.25, 0.3) is 11.8 Å². The van der Waals surface area contributed by atoms with Gasteiger partial charge in [-0.05, 0) is 81.0 Å². The molecule has 3 fully saturated rings. The first-order valence-electron chi connectivity index (χ1n) is 37.0. The summed E-state index contributed by atoms with van der Waals surface area (Å²) in [7, 11) is 0. The van der Waals surface area contributed by atoms with E-state index in [0.29, 0.717) is 126 Å². The van der Waals surface area contributed by atoms with Crippen LogP contribution in [0.4, 0.5) is 0 Å². The Morgan fingerprint density at radius 1 is 0.394 bits per heavy atom. The van der Waals surface area contributed by atoms with Gasteiger partial charge in [-0.15, -0.1) is 5.06 Å². The first kappa shape index (κ1) is 92.9. The van der Waals surface area contributed by atoms with Gasteiger partial charge in [-0.3, -0.25) is 38.4 Å². The van der Waals surface area contributed by atoms with Crippen molar-refractivity contribution >= 4 is 52.9 Å². The van der Waals surface area contributed by atoms with E-state index in [4.69, 9.17) is 80.6 Å². The molecule has 0 aromatic heterocycles. The van der Waals surface area contributed by atoms with Crippen LogP contribution in [-0.4, -0.2) is 328 Å². The maximum absolute atomic E-state index is 13.7. The van der Waals surface area contributed by atoms with Crippen LogP contribution in [0, 0.1) is 0 Å². The third kappa shape index (κ3) is 39.3. The molecule has 5 rings (SSSR count). The third-order valence-corrected chi connectivity index (χ3v) is 16.5. The predicted molar refractivity (Wildman–Crippen MR) is 379 cm³/mol. The van der Waals surface area contributed by atoms with Gasteiger partial charge in [-0.25, -0.2) is 4.79 Å². The number of ether oxygens (including phenoxy) is 16. The number of benzene rings is 2. The molecule has 3 saturated heterocycles. The first-order valence-corrected chi connectivity index (χ1v) is 37.0. The number of ketones is 3. The zero-order chi connectivity index (χ0) is 78.8. The molecule has 10 atom stereocenters. The highest BCUT2D eigenvalue weighted by Crippen LogP contribution is 2.30. The number of hydroxylamine groups is 2. The van der Waals surface area contributed by atoms with E-state index in [2.05, 4.69) is 16.0 Å². The lowest BCUT2D eigenvalue weighted by Crippen LogP contribution is -2.57. The zero-order valence-electron chi connectivity index (χ0n) is 62.3. The van der Waals surface area contributed by atoms with Crippen LogP contribution in [0.2, 0.25) is 0 Å². The van der Waals surface area contributed by atoms with E-state index in [-0.39, 0.29) is 204 Å². The number of imide groups is 1. The highest BCUT2D eigenvalue weighted by Gasteiger charge is 2.43. The molecule has 5 amide bonds. The summed E-state index contributed by atoms with van der Waals surface area (Å²) in [6.45, 7) is 9.09. The molecule has 3 aliphatic rings. The van der Waals surface area contributed by atoms with Crippen molar-refractivity contribution in [3.8, 4) is 22.6 Å². The van der Waals surface area contributed by atoms with E-state index >= 15 is 0 Å². The van der Waals surface area contributed by atoms with Crippen molar-refractivity contribution in [2.45, 2.75) is 159 Å². The fourth-order valence-electron chi connectivity index (χ4n) is 10.4. The number of nitrogens with one attached hydrogen (secondary N) is 3. The van der Waals surface area contributed by atoms with E-state index < -0.39 is 79.2 Å². The van der Waals surface area contributed by atoms with Crippen LogP contribution in [-0.2, 0) is 110 Å². The lowest BCUT2D eigenvalue weighted by molar-refractivity contribution is -0.294. The summed E-state index contributed by atoms with van der Waals surface area (Å²) in [5.41, 5.74) is 1.58. The minimum absolute atomic E-state index is 0.0342. The first-order chi connectivity index (χ1) is 52.7. The van der Waals surface area contributed by atoms with Crippen LogP contribution in [0.3, 0.4) is 0 Å². The monoisotopic (exact) mass is 1560 g/mol. The fourth-order valence-corrected chi connectivity index (χ4v) is 10.4. The second kappa shape index (κ2) is 55.6. The molecular weight excluding hydrogens is 1440 g/mol. The highest BCUT2D eigenvalue weighted by molar-refractivity contribution is 6.01. The number of carbonyl (C=O) groups is 9. The second-order valence-electron chi connectivity index (χ2n) is 25.3. The number of hydrogen-bond donors (Lipinski definition) is 9. The molecule has 0 radical (unpaired) electrons. The normalized spacial score (nSPS) is 20.6. The summed E-state index contributed by atoms with van der Waals surface area (Å²) in [5.74, 6) is -2.69. The Bertz CT molecular complexity index is 2950. The molecule has 2 aromatic rings. The van der Waals surface area contributed by atoms with Crippen molar-refractivity contribution < 1.29 is 154 Å². The average Bonchev–Trinajstić information content (AvgIpc) is 1.44. The van der Waals surface area contributed by atoms with Crippen LogP contribution in [0.5, 0.6) is 11.5 Å². The van der Waals surface area contributed by atoms with Gasteiger partial charge in [0, 0.05) is 96.2 Å². The number of aliphatic hydroxyl groups is 6. The summed E-state index contributed by atoms with van der Waals surface area (Å²) >= 11 is 0. The Morgan fingerprint density at radius 3 is 1.27 bits per heavy atom. The molecule has 0 aliphatic carbocycles. The smallest absolute Gasteiger partial charge is 0.333 e. The average molecular weight is 1560 g/mol. The van der Waals surface area contributed by atoms with Crippen LogP contribution in [0.15, 0.2) is 42.5 Å². The van der Waals surface area contributed by atoms with Gasteiger partial charge in [-0.1, -0.05) is 12.1 Å². The fraction of sp³-hybridized carbons (Fsp3) is 0.712. The van der Waals surface area contributed by atoms with E-state index in [1.807, 2.05) is 0 Å². The van der Waals surface area contributed by atoms with Crippen molar-refractivity contribution in [1.29, 1.82) is 0 Å². The van der Waals surface area contributed by atoms with Gasteiger partial charge in [0.05, 0.1) is 144 Å². The Morgan fingerprint density at radius 2 is 0.798 bits per heavy atom. The summed E-state index contributed by atoms with van der Waals surface area (Å²) in [4.78, 5) is 117. The molecule has 3 aliphatic heterocycles. The van der Waals surface area contributed by atoms with Gasteiger partial charge in [0.2, 0.25) is 17.7 Å². The number of carbonyl (C=O) groups excluding carboxylic acids is 9. The molecule has 109 heavy (non-hydrogen) atoms. The Kier molecular flexibility index (Phi) is 47.4. The molecule has 0 saturated carbocycles. The summed E-state index contributed by atoms with van der Waals surface area (Å²) in [6.07, 6.45) is -9.88. The minimum atomic E-state index is -1.40. The molecule has 0 spiro atoms. The number of aliphatic hydroxyl groups excluding tert-OH is 6. The third-order valence-electron chi connectivity index (χ3n) is 16.5. The Balaban J connectivity index is 0.884. The quantitative estimate of drug-likeness (QED) is 0.0230. The molecule has 2 aromatic carbocycles. The molecule has 36 heteroatoms. The molecule has 0 unspecified atom stereocenters. The highest BCUT2D eigenvalue weighted by atomic mass is 16.7. The van der Waals surface area contributed by atoms with Crippen molar-refractivity contribution in [3.05, 3.63) is 48.0 Å². The van der Waals surface area contributed by atoms with Crippen LogP contribution in [0.25, 0.3) is 11.1 Å². The number of amides is 5. The number of nitrogens with zero attached hydrogens (tertiary/aromatic N) is 1. The number of Topliss-reactive ketones (excluding diaryl/α,β-unsaturated/α-hetero) is 3. The van der Waals surface area contributed by atoms with Crippen LogP contribution in [0.1, 0.15) is 108 Å². The predicted octanol–water partition coefficient (Wildman–Crippen LogP) is -0.467. The molecule has 3 heterocycles. The van der Waals surface area contributed by atoms with E-state index in [1.165, 1.54) is 0 Å². The number of hydrogen-bond acceptors (Lipinski definition) is 32. The summed E-state index contributed by atoms with van der Waals surface area (Å²) < 4.78 is 88.3. The largest absolute Gasteiger partial charge is 0.486 e. The standard InChI is InChI=1S/C73H112N4O32/c1-50-66(87)68(89)70(91)72(107-50)103-43-41-97-27-21-75-61(82)18-25-95-31-35-101-39-37-99-33-29-93-23-5-7-55(78)48-105-57-14-12-52(13-15-57)53-45-54(59(80)9-4-20-74-60(81)10-3-11-65(86)109-77-63(84)16-17-64(77)85)47-58(46-53)106-49-56(79)8-6-24-94-30-34-100-38-40-102-36-32-96-26-19-62(83)76-22-28-98-42-44-104-73-71(92)69(90)67(88)51(2)108-73/h12-15,45-47,50-51,66-73,87-92H,3-11,16-44,48-49H2,1-2H3,(H,74,81)(H,75,82)(H,76,83)/t50-,51-,66-,67-,68+,69+,70+,71+,72+,73+/m0/s1. The summed E-state index contributed by atoms with van der Waals surface area (Å²) in [5, 5.41) is 67.9. The summed E-state index contributed by atoms with van der Waals surface area (Å²) in [6, 6.07) is 11.8. The van der Waals surface area contributed by atoms with Crippen molar-refractivity contribution in [1.82, 2.24) is 21.0 Å². The van der Waals surface area contributed by atoms with Crippen molar-refractivity contribution in [2.75, 3.05) is 178 Å². The topological polar surface area (TPSA) is 471 Å². The molecule has 9 N–H and O–H groups in total. The molecule has 616 valence electrons. The van der Waals surface area contributed by atoms with E-state index in [1.54, 1.807) is 56.3 Å². The van der Waals surface area contributed by atoms with E-state index in [9.17, 15) is 73.8 Å². The van der Waals surface area contributed by atoms with Gasteiger partial charge in [-0.2, -0.15) is 0 Å². The minimum Gasteiger partial charge on any atom is -0.486 e. The van der Waals surface area contributed by atoms with Crippen molar-refractivity contribution in [3.63, 3.8) is 0 Å². The lowest BCUT2D eigenvalue weighted by Gasteiger charge is -2.38. The zero-order valence-corrected chi connectivity index (χ0v) is 62.3. The van der Waals surface area contributed by atoms with Crippen LogP contribution >= 0.6 is 0 Å². The van der Waals surface area contributed by atoms with Gasteiger partial charge < -0.3 is 127 Å². The van der Waals surface area contributed by atoms with Gasteiger partial charge in [0.1, 0.15) is 61.3 Å². The van der Waals surface area contributed by atoms with Crippen LogP contribution < -0.4 is 25.4 Å². The second-order valence-corrected chi connectivity index (χ2v) is 25.3. The Hall–Kier alpha value is -6.73. The number of rotatable bonds is 63.